The van der Waals surface area contributed by atoms with E-state index in [1.54, 1.807) is 38.5 Å². The summed E-state index contributed by atoms with van der Waals surface area (Å²) in [4.78, 5) is 0. The maximum Gasteiger partial charge on any atom is 0.0120 e. The van der Waals surface area contributed by atoms with Gasteiger partial charge in [-0.3, -0.25) is 0 Å². The third kappa shape index (κ3) is 0.521. The first-order valence-electron chi connectivity index (χ1n) is 9.33. The Balaban J connectivity index is 1.61. The van der Waals surface area contributed by atoms with E-state index in [9.17, 15) is 0 Å². The number of allylic oxidation sites excluding steroid dienone is 4. The van der Waals surface area contributed by atoms with Crippen molar-refractivity contribution in [1.82, 2.24) is 0 Å². The molecule has 0 radical (unpaired) electrons. The molecule has 104 valence electrons. The minimum Gasteiger partial charge on any atom is -0.0623 e. The lowest BCUT2D eigenvalue weighted by molar-refractivity contribution is -0.288. The number of hydrogen-bond acceptors (Lipinski definition) is 0. The molecule has 0 spiro atoms. The fourth-order valence-corrected chi connectivity index (χ4v) is 10.2. The molecule has 0 saturated heterocycles. The van der Waals surface area contributed by atoms with E-state index in [1.807, 2.05) is 22.3 Å². The highest BCUT2D eigenvalue weighted by atomic mass is 15.0. The fourth-order valence-electron chi connectivity index (χ4n) is 10.2. The van der Waals surface area contributed by atoms with Gasteiger partial charge < -0.3 is 0 Å². The molecule has 0 nitrogen and oxygen atoms in total. The van der Waals surface area contributed by atoms with E-state index in [0.717, 1.165) is 21.7 Å². The third-order valence-electron chi connectivity index (χ3n) is 9.62. The van der Waals surface area contributed by atoms with Crippen LogP contribution in [0, 0.1) is 21.7 Å². The van der Waals surface area contributed by atoms with Gasteiger partial charge in [0.2, 0.25) is 0 Å². The Morgan fingerprint density at radius 2 is 0.700 bits per heavy atom. The van der Waals surface area contributed by atoms with Crippen LogP contribution in [0.1, 0.15) is 77.0 Å². The molecule has 0 aliphatic heterocycles. The van der Waals surface area contributed by atoms with Crippen molar-refractivity contribution in [3.8, 4) is 0 Å². The Hall–Kier alpha value is -0.520. The summed E-state index contributed by atoms with van der Waals surface area (Å²) < 4.78 is 0. The van der Waals surface area contributed by atoms with Crippen molar-refractivity contribution in [2.75, 3.05) is 0 Å². The van der Waals surface area contributed by atoms with Crippen molar-refractivity contribution < 1.29 is 0 Å². The van der Waals surface area contributed by atoms with E-state index < -0.39 is 0 Å². The molecule has 0 amide bonds. The molecule has 0 heterocycles. The molecule has 7 rings (SSSR count). The lowest BCUT2D eigenvalue weighted by Gasteiger charge is -2.90. The first-order chi connectivity index (χ1) is 9.87. The first kappa shape index (κ1) is 10.2. The van der Waals surface area contributed by atoms with E-state index in [2.05, 4.69) is 0 Å². The molecule has 3 fully saturated rings. The Labute approximate surface area is 121 Å². The molecule has 0 unspecified atom stereocenters. The highest BCUT2D eigenvalue weighted by Gasteiger charge is 2.98. The van der Waals surface area contributed by atoms with Crippen LogP contribution in [0.4, 0.5) is 0 Å². The SMILES string of the molecule is C1CC2=C(C1)C13CCCC21C12CCCC31C1=C2CCC1. The van der Waals surface area contributed by atoms with Crippen molar-refractivity contribution in [2.45, 2.75) is 77.0 Å². The van der Waals surface area contributed by atoms with Gasteiger partial charge in [0.1, 0.15) is 0 Å². The van der Waals surface area contributed by atoms with Crippen LogP contribution in [0.15, 0.2) is 22.3 Å². The molecule has 0 aromatic rings. The average Bonchev–Trinajstić information content (AvgIpc) is 3.16. The molecule has 3 saturated carbocycles. The van der Waals surface area contributed by atoms with Gasteiger partial charge >= 0.3 is 0 Å². The standard InChI is InChI=1S/C20H24/c1-5-13-14(6-1)18-10-3-9-17(13,18)19-11-4-12-20(18,19)16-8-2-7-15(16)19/h1-12H2. The molecule has 0 heteroatoms. The second-order valence-electron chi connectivity index (χ2n) is 8.95. The Morgan fingerprint density at radius 3 is 1.00 bits per heavy atom. The molecule has 0 atom stereocenters. The maximum atomic E-state index is 2.05. The minimum atomic E-state index is 0.755. The Bertz CT molecular complexity index is 538. The van der Waals surface area contributed by atoms with Crippen molar-refractivity contribution in [1.29, 1.82) is 0 Å². The van der Waals surface area contributed by atoms with Gasteiger partial charge in [0.05, 0.1) is 0 Å². The lowest BCUT2D eigenvalue weighted by atomic mass is 9.12. The predicted molar refractivity (Wildman–Crippen MR) is 79.2 cm³/mol. The minimum absolute atomic E-state index is 0.755. The summed E-state index contributed by atoms with van der Waals surface area (Å²) in [7, 11) is 0. The summed E-state index contributed by atoms with van der Waals surface area (Å²) in [6.45, 7) is 0. The van der Waals surface area contributed by atoms with Crippen LogP contribution in [0.2, 0.25) is 0 Å². The van der Waals surface area contributed by atoms with Gasteiger partial charge in [0.25, 0.3) is 0 Å². The fraction of sp³-hybridized carbons (Fsp3) is 0.800. The average molecular weight is 264 g/mol. The molecule has 7 aliphatic carbocycles. The zero-order valence-electron chi connectivity index (χ0n) is 12.5. The van der Waals surface area contributed by atoms with Gasteiger partial charge in [-0.05, 0) is 64.2 Å². The van der Waals surface area contributed by atoms with Gasteiger partial charge in [0, 0.05) is 21.7 Å². The molecular weight excluding hydrogens is 240 g/mol. The Morgan fingerprint density at radius 1 is 0.400 bits per heavy atom. The van der Waals surface area contributed by atoms with E-state index in [4.69, 9.17) is 0 Å². The molecule has 7 aliphatic rings. The Kier molecular flexibility index (Phi) is 1.28. The molecule has 20 heavy (non-hydrogen) atoms. The summed E-state index contributed by atoms with van der Waals surface area (Å²) in [6.07, 6.45) is 18.5. The monoisotopic (exact) mass is 264 g/mol. The van der Waals surface area contributed by atoms with Gasteiger partial charge in [-0.1, -0.05) is 35.1 Å². The lowest BCUT2D eigenvalue weighted by Crippen LogP contribution is -2.84. The van der Waals surface area contributed by atoms with Gasteiger partial charge in [0.15, 0.2) is 0 Å². The van der Waals surface area contributed by atoms with E-state index in [0.29, 0.717) is 0 Å². The summed E-state index contributed by atoms with van der Waals surface area (Å²) in [5.74, 6) is 0. The second kappa shape index (κ2) is 2.50. The molecule has 0 aromatic carbocycles. The van der Waals surface area contributed by atoms with Gasteiger partial charge in [-0.25, -0.2) is 0 Å². The number of hydrogen-bond donors (Lipinski definition) is 0. The molecule has 0 bridgehead atoms. The normalized spacial score (nSPS) is 60.0. The smallest absolute Gasteiger partial charge is 0.0120 e. The van der Waals surface area contributed by atoms with E-state index >= 15 is 0 Å². The van der Waals surface area contributed by atoms with Gasteiger partial charge in [-0.15, -0.1) is 0 Å². The van der Waals surface area contributed by atoms with Crippen LogP contribution in [0.3, 0.4) is 0 Å². The maximum absolute atomic E-state index is 2.05. The van der Waals surface area contributed by atoms with Crippen molar-refractivity contribution in [3.05, 3.63) is 22.3 Å². The van der Waals surface area contributed by atoms with Crippen molar-refractivity contribution >= 4 is 0 Å². The summed E-state index contributed by atoms with van der Waals surface area (Å²) in [6, 6.07) is 0. The predicted octanol–water partition coefficient (Wildman–Crippen LogP) is 5.30. The van der Waals surface area contributed by atoms with Crippen molar-refractivity contribution in [3.63, 3.8) is 0 Å². The zero-order chi connectivity index (χ0) is 12.8. The van der Waals surface area contributed by atoms with Crippen LogP contribution in [0.5, 0.6) is 0 Å². The second-order valence-corrected chi connectivity index (χ2v) is 8.95. The number of rotatable bonds is 0. The molecular formula is C20H24. The zero-order valence-corrected chi connectivity index (χ0v) is 12.5. The highest BCUT2D eigenvalue weighted by molar-refractivity contribution is 5.73. The van der Waals surface area contributed by atoms with Gasteiger partial charge in [-0.2, -0.15) is 0 Å². The van der Waals surface area contributed by atoms with E-state index in [-0.39, 0.29) is 0 Å². The summed E-state index contributed by atoms with van der Waals surface area (Å²) in [5.41, 5.74) is 11.2. The third-order valence-corrected chi connectivity index (χ3v) is 9.62. The van der Waals surface area contributed by atoms with Crippen LogP contribution in [-0.2, 0) is 0 Å². The highest BCUT2D eigenvalue weighted by Crippen LogP contribution is 3.05. The molecule has 0 N–H and O–H groups in total. The first-order valence-corrected chi connectivity index (χ1v) is 9.33. The van der Waals surface area contributed by atoms with Crippen LogP contribution >= 0.6 is 0 Å². The topological polar surface area (TPSA) is 0 Å². The largest absolute Gasteiger partial charge is 0.0623 e. The molecule has 0 aromatic heterocycles. The van der Waals surface area contributed by atoms with Crippen LogP contribution in [0.25, 0.3) is 0 Å². The van der Waals surface area contributed by atoms with Crippen LogP contribution in [-0.4, -0.2) is 0 Å². The summed E-state index contributed by atoms with van der Waals surface area (Å²) in [5, 5.41) is 0. The van der Waals surface area contributed by atoms with Crippen LogP contribution < -0.4 is 0 Å². The summed E-state index contributed by atoms with van der Waals surface area (Å²) >= 11 is 0. The van der Waals surface area contributed by atoms with E-state index in [1.165, 1.54) is 38.5 Å². The quantitative estimate of drug-likeness (QED) is 0.521. The van der Waals surface area contributed by atoms with Crippen molar-refractivity contribution in [2.24, 2.45) is 21.7 Å².